The van der Waals surface area contributed by atoms with E-state index in [1.807, 2.05) is 0 Å². The molecule has 0 spiro atoms. The number of hydrogen-bond acceptors (Lipinski definition) is 0. The molecular weight excluding hydrogens is 691 g/mol. The van der Waals surface area contributed by atoms with Gasteiger partial charge in [-0.3, -0.25) is 0 Å². The van der Waals surface area contributed by atoms with Crippen molar-refractivity contribution in [2.24, 2.45) is 0 Å². The first-order chi connectivity index (χ1) is 27.8. The molecule has 11 aromatic rings. The Labute approximate surface area is 327 Å². The summed E-state index contributed by atoms with van der Waals surface area (Å²) in [5.74, 6) is 0. The van der Waals surface area contributed by atoms with E-state index in [0.717, 1.165) is 5.69 Å². The largest absolute Gasteiger partial charge is 0.309 e. The highest BCUT2D eigenvalue weighted by molar-refractivity contribution is 7.20. The molecule has 0 bridgehead atoms. The molecule has 0 saturated carbocycles. The zero-order valence-electron chi connectivity index (χ0n) is 30.8. The molecule has 0 aliphatic carbocycles. The van der Waals surface area contributed by atoms with Gasteiger partial charge >= 0.3 is 0 Å². The van der Waals surface area contributed by atoms with Crippen molar-refractivity contribution in [2.75, 3.05) is 0 Å². The van der Waals surface area contributed by atoms with Gasteiger partial charge in [0.25, 0.3) is 0 Å². The standard InChI is InChI=1S/C54H37NSi/c1-5-18-38(19-6-1)39-20-17-21-40(36-39)55-51-34-32-44(56(41-22-7-2-8-23-41,42-24-9-3-10-25-42)43-26-11-4-12-27-43)37-50(51)54-52(55)35-33-49-47-30-14-13-28-45(47)46-29-15-16-31-48(46)53(49)54/h1-37H. The van der Waals surface area contributed by atoms with Gasteiger partial charge in [0.05, 0.1) is 11.0 Å². The van der Waals surface area contributed by atoms with E-state index < -0.39 is 8.07 Å². The topological polar surface area (TPSA) is 4.93 Å². The maximum atomic E-state index is 2.57. The Morgan fingerprint density at radius 1 is 0.268 bits per heavy atom. The van der Waals surface area contributed by atoms with Crippen LogP contribution >= 0.6 is 0 Å². The van der Waals surface area contributed by atoms with Crippen molar-refractivity contribution < 1.29 is 0 Å². The molecular formula is C54H37NSi. The van der Waals surface area contributed by atoms with Crippen LogP contribution in [0.5, 0.6) is 0 Å². The van der Waals surface area contributed by atoms with E-state index in [9.17, 15) is 0 Å². The molecule has 1 nitrogen and oxygen atoms in total. The fourth-order valence-corrected chi connectivity index (χ4v) is 14.3. The van der Waals surface area contributed by atoms with Gasteiger partial charge in [0.2, 0.25) is 0 Å². The molecule has 10 aromatic carbocycles. The Balaban J connectivity index is 1.33. The zero-order valence-corrected chi connectivity index (χ0v) is 31.8. The third kappa shape index (κ3) is 4.86. The van der Waals surface area contributed by atoms with E-state index in [1.165, 1.54) is 86.0 Å². The van der Waals surface area contributed by atoms with Crippen LogP contribution in [0.2, 0.25) is 0 Å². The molecule has 0 fully saturated rings. The number of benzene rings is 10. The fraction of sp³-hybridized carbons (Fsp3) is 0. The molecule has 0 unspecified atom stereocenters. The van der Waals surface area contributed by atoms with Gasteiger partial charge in [0, 0.05) is 21.8 Å². The normalized spacial score (nSPS) is 11.9. The molecule has 2 heteroatoms. The summed E-state index contributed by atoms with van der Waals surface area (Å²) in [6.07, 6.45) is 0. The number of nitrogens with zero attached hydrogens (tertiary/aromatic N) is 1. The lowest BCUT2D eigenvalue weighted by atomic mass is 9.92. The molecule has 0 radical (unpaired) electrons. The van der Waals surface area contributed by atoms with E-state index in [-0.39, 0.29) is 0 Å². The highest BCUT2D eigenvalue weighted by Crippen LogP contribution is 2.43. The Morgan fingerprint density at radius 2 is 0.732 bits per heavy atom. The molecule has 0 aliphatic heterocycles. The molecule has 56 heavy (non-hydrogen) atoms. The van der Waals surface area contributed by atoms with Crippen LogP contribution in [0.25, 0.3) is 70.9 Å². The highest BCUT2D eigenvalue weighted by atomic mass is 28.3. The lowest BCUT2D eigenvalue weighted by Gasteiger charge is -2.34. The zero-order chi connectivity index (χ0) is 37.1. The van der Waals surface area contributed by atoms with Gasteiger partial charge in [0.15, 0.2) is 8.07 Å². The predicted octanol–water partition coefficient (Wildman–Crippen LogP) is 11.3. The van der Waals surface area contributed by atoms with Crippen LogP contribution < -0.4 is 20.7 Å². The number of hydrogen-bond donors (Lipinski definition) is 0. The lowest BCUT2D eigenvalue weighted by Crippen LogP contribution is -2.74. The monoisotopic (exact) mass is 727 g/mol. The third-order valence-corrected chi connectivity index (χ3v) is 16.7. The molecule has 262 valence electrons. The van der Waals surface area contributed by atoms with Crippen LogP contribution in [0.1, 0.15) is 0 Å². The second kappa shape index (κ2) is 13.1. The summed E-state index contributed by atoms with van der Waals surface area (Å²) in [5, 5.41) is 15.8. The average Bonchev–Trinajstić information content (AvgIpc) is 3.62. The van der Waals surface area contributed by atoms with Crippen LogP contribution in [-0.4, -0.2) is 12.6 Å². The van der Waals surface area contributed by atoms with Gasteiger partial charge in [-0.15, -0.1) is 0 Å². The van der Waals surface area contributed by atoms with Crippen LogP contribution in [0, 0.1) is 0 Å². The first kappa shape index (κ1) is 32.4. The van der Waals surface area contributed by atoms with E-state index in [1.54, 1.807) is 0 Å². The molecule has 1 aromatic heterocycles. The second-order valence-electron chi connectivity index (χ2n) is 14.8. The van der Waals surface area contributed by atoms with Crippen molar-refractivity contribution in [1.82, 2.24) is 4.57 Å². The van der Waals surface area contributed by atoms with E-state index in [0.29, 0.717) is 0 Å². The van der Waals surface area contributed by atoms with Crippen molar-refractivity contribution in [3.05, 3.63) is 224 Å². The minimum absolute atomic E-state index is 1.15. The molecule has 0 aliphatic rings. The minimum atomic E-state index is -2.80. The van der Waals surface area contributed by atoms with Gasteiger partial charge < -0.3 is 4.57 Å². The number of fused-ring (bicyclic) bond motifs is 10. The molecule has 0 saturated heterocycles. The number of aromatic nitrogens is 1. The summed E-state index contributed by atoms with van der Waals surface area (Å²) in [7, 11) is -2.80. The summed E-state index contributed by atoms with van der Waals surface area (Å²) in [4.78, 5) is 0. The summed E-state index contributed by atoms with van der Waals surface area (Å²) in [6, 6.07) is 83.6. The molecule has 0 N–H and O–H groups in total. The van der Waals surface area contributed by atoms with E-state index >= 15 is 0 Å². The first-order valence-electron chi connectivity index (χ1n) is 19.4. The van der Waals surface area contributed by atoms with Gasteiger partial charge in [-0.05, 0) is 83.1 Å². The van der Waals surface area contributed by atoms with Crippen LogP contribution in [0.15, 0.2) is 224 Å². The van der Waals surface area contributed by atoms with Crippen LogP contribution in [0.3, 0.4) is 0 Å². The Kier molecular flexibility index (Phi) is 7.58. The third-order valence-electron chi connectivity index (χ3n) is 11.9. The van der Waals surface area contributed by atoms with Gasteiger partial charge in [-0.25, -0.2) is 0 Å². The summed E-state index contributed by atoms with van der Waals surface area (Å²) in [6.45, 7) is 0. The quantitative estimate of drug-likeness (QED) is 0.0913. The fourth-order valence-electron chi connectivity index (χ4n) is 9.54. The summed E-state index contributed by atoms with van der Waals surface area (Å²) < 4.78 is 2.50. The van der Waals surface area contributed by atoms with Crippen molar-refractivity contribution in [3.63, 3.8) is 0 Å². The SMILES string of the molecule is c1ccc(-c2cccc(-n3c4ccc([Si](c5ccccc5)(c5ccccc5)c5ccccc5)cc4c4c5c6ccccc6c6ccccc6c5ccc43)c2)cc1. The predicted molar refractivity (Wildman–Crippen MR) is 242 cm³/mol. The van der Waals surface area contributed by atoms with Crippen molar-refractivity contribution in [1.29, 1.82) is 0 Å². The minimum Gasteiger partial charge on any atom is -0.309 e. The van der Waals surface area contributed by atoms with Gasteiger partial charge in [-0.2, -0.15) is 0 Å². The van der Waals surface area contributed by atoms with Gasteiger partial charge in [0.1, 0.15) is 0 Å². The van der Waals surface area contributed by atoms with Crippen molar-refractivity contribution in [2.45, 2.75) is 0 Å². The molecule has 0 atom stereocenters. The van der Waals surface area contributed by atoms with Gasteiger partial charge in [-0.1, -0.05) is 200 Å². The molecule has 0 amide bonds. The summed E-state index contributed by atoms with van der Waals surface area (Å²) in [5.41, 5.74) is 5.99. The average molecular weight is 728 g/mol. The smallest absolute Gasteiger partial charge is 0.179 e. The highest BCUT2D eigenvalue weighted by Gasteiger charge is 2.41. The number of rotatable bonds is 6. The van der Waals surface area contributed by atoms with E-state index in [4.69, 9.17) is 0 Å². The second-order valence-corrected chi connectivity index (χ2v) is 18.6. The lowest BCUT2D eigenvalue weighted by molar-refractivity contribution is 1.18. The first-order valence-corrected chi connectivity index (χ1v) is 21.4. The Bertz CT molecular complexity index is 3090. The van der Waals surface area contributed by atoms with E-state index in [2.05, 4.69) is 229 Å². The van der Waals surface area contributed by atoms with Crippen LogP contribution in [-0.2, 0) is 0 Å². The maximum absolute atomic E-state index is 2.80. The Hall–Kier alpha value is -7.00. The summed E-state index contributed by atoms with van der Waals surface area (Å²) >= 11 is 0. The van der Waals surface area contributed by atoms with Crippen molar-refractivity contribution in [3.8, 4) is 16.8 Å². The molecule has 11 rings (SSSR count). The van der Waals surface area contributed by atoms with Crippen LogP contribution in [0.4, 0.5) is 0 Å². The maximum Gasteiger partial charge on any atom is 0.179 e. The molecule has 1 heterocycles. The Morgan fingerprint density at radius 3 is 1.32 bits per heavy atom. The van der Waals surface area contributed by atoms with Crippen molar-refractivity contribution >= 4 is 82.9 Å².